The number of hydrogen-bond donors (Lipinski definition) is 1. The average molecular weight is 296 g/mol. The van der Waals surface area contributed by atoms with E-state index < -0.39 is 0 Å². The molecule has 0 bridgehead atoms. The van der Waals surface area contributed by atoms with E-state index >= 15 is 0 Å². The molecular weight excluding hydrogens is 268 g/mol. The van der Waals surface area contributed by atoms with Crippen molar-refractivity contribution in [2.24, 2.45) is 10.8 Å². The fourth-order valence-corrected chi connectivity index (χ4v) is 3.97. The number of hydrogen-bond acceptors (Lipinski definition) is 3. The van der Waals surface area contributed by atoms with E-state index in [1.165, 1.54) is 19.3 Å². The number of ether oxygens (including phenoxy) is 2. The summed E-state index contributed by atoms with van der Waals surface area (Å²) in [6, 6.07) is 0.113. The summed E-state index contributed by atoms with van der Waals surface area (Å²) in [5.41, 5.74) is 0.543. The van der Waals surface area contributed by atoms with Crippen LogP contribution in [0.2, 0.25) is 0 Å². The molecule has 0 aromatic rings. The number of urea groups is 1. The number of carbonyl (C=O) groups is 1. The fraction of sp³-hybridized carbons (Fsp3) is 0.938. The fourth-order valence-electron chi connectivity index (χ4n) is 3.97. The summed E-state index contributed by atoms with van der Waals surface area (Å²) in [4.78, 5) is 14.4. The van der Waals surface area contributed by atoms with Gasteiger partial charge in [0.2, 0.25) is 0 Å². The number of nitrogens with one attached hydrogen (secondary N) is 1. The molecule has 5 heteroatoms. The Morgan fingerprint density at radius 2 is 2.19 bits per heavy atom. The molecule has 120 valence electrons. The molecule has 1 atom stereocenters. The molecule has 3 aliphatic rings. The number of likely N-dealkylation sites (tertiary alicyclic amines) is 1. The first-order valence-electron chi connectivity index (χ1n) is 8.27. The highest BCUT2D eigenvalue weighted by atomic mass is 16.5. The van der Waals surface area contributed by atoms with Gasteiger partial charge in [0.1, 0.15) is 0 Å². The second kappa shape index (κ2) is 6.13. The van der Waals surface area contributed by atoms with Gasteiger partial charge in [0.25, 0.3) is 0 Å². The van der Waals surface area contributed by atoms with Crippen LogP contribution in [0, 0.1) is 10.8 Å². The third-order valence-electron chi connectivity index (χ3n) is 5.78. The van der Waals surface area contributed by atoms with Crippen molar-refractivity contribution in [1.82, 2.24) is 10.2 Å². The van der Waals surface area contributed by atoms with Gasteiger partial charge in [0.15, 0.2) is 0 Å². The highest BCUT2D eigenvalue weighted by molar-refractivity contribution is 5.74. The molecule has 3 fully saturated rings. The number of amides is 2. The molecule has 0 aromatic carbocycles. The van der Waals surface area contributed by atoms with Crippen LogP contribution in [0.25, 0.3) is 0 Å². The zero-order valence-electron chi connectivity index (χ0n) is 13.2. The lowest BCUT2D eigenvalue weighted by atomic mass is 9.67. The van der Waals surface area contributed by atoms with Gasteiger partial charge in [-0.05, 0) is 37.5 Å². The zero-order chi connectivity index (χ0) is 14.8. The van der Waals surface area contributed by atoms with Gasteiger partial charge in [-0.25, -0.2) is 4.79 Å². The van der Waals surface area contributed by atoms with Crippen molar-refractivity contribution < 1.29 is 14.3 Å². The second-order valence-corrected chi connectivity index (χ2v) is 7.23. The van der Waals surface area contributed by atoms with Crippen molar-refractivity contribution in [3.05, 3.63) is 0 Å². The van der Waals surface area contributed by atoms with Crippen LogP contribution < -0.4 is 5.32 Å². The highest BCUT2D eigenvalue weighted by Gasteiger charge is 2.43. The van der Waals surface area contributed by atoms with Crippen LogP contribution in [0.1, 0.15) is 38.5 Å². The van der Waals surface area contributed by atoms with E-state index in [0.29, 0.717) is 5.41 Å². The van der Waals surface area contributed by atoms with Crippen molar-refractivity contribution in [3.63, 3.8) is 0 Å². The molecule has 0 aromatic heterocycles. The summed E-state index contributed by atoms with van der Waals surface area (Å²) >= 11 is 0. The maximum Gasteiger partial charge on any atom is 0.317 e. The predicted octanol–water partition coefficient (Wildman–Crippen LogP) is 2.02. The van der Waals surface area contributed by atoms with Gasteiger partial charge in [0.05, 0.1) is 6.61 Å². The van der Waals surface area contributed by atoms with Crippen LogP contribution >= 0.6 is 0 Å². The van der Waals surface area contributed by atoms with Gasteiger partial charge in [-0.2, -0.15) is 0 Å². The molecule has 5 nitrogen and oxygen atoms in total. The third-order valence-corrected chi connectivity index (χ3v) is 5.78. The van der Waals surface area contributed by atoms with Gasteiger partial charge < -0.3 is 19.7 Å². The first kappa shape index (κ1) is 15.1. The van der Waals surface area contributed by atoms with Crippen LogP contribution in [0.3, 0.4) is 0 Å². The van der Waals surface area contributed by atoms with Gasteiger partial charge in [-0.1, -0.05) is 6.42 Å². The maximum atomic E-state index is 12.4. The van der Waals surface area contributed by atoms with Crippen molar-refractivity contribution in [3.8, 4) is 0 Å². The molecule has 1 N–H and O–H groups in total. The lowest BCUT2D eigenvalue weighted by Gasteiger charge is -2.42. The Labute approximate surface area is 127 Å². The average Bonchev–Trinajstić information content (AvgIpc) is 3.08. The Kier molecular flexibility index (Phi) is 4.41. The number of methoxy groups -OCH3 is 1. The topological polar surface area (TPSA) is 50.8 Å². The summed E-state index contributed by atoms with van der Waals surface area (Å²) in [5.74, 6) is 0. The molecule has 21 heavy (non-hydrogen) atoms. The molecule has 2 aliphatic heterocycles. The minimum absolute atomic E-state index is 0.113. The van der Waals surface area contributed by atoms with Crippen molar-refractivity contribution in [1.29, 1.82) is 0 Å². The van der Waals surface area contributed by atoms with E-state index in [2.05, 4.69) is 5.32 Å². The normalized spacial score (nSPS) is 30.6. The molecule has 1 aliphatic carbocycles. The Hall–Kier alpha value is -0.810. The summed E-state index contributed by atoms with van der Waals surface area (Å²) in [5, 5.41) is 3.17. The van der Waals surface area contributed by atoms with Gasteiger partial charge in [0, 0.05) is 45.4 Å². The SMILES string of the molecule is COCCC1(CNC(=O)N2CC[C@@]3(CCOC3)C2)CCC1. The summed E-state index contributed by atoms with van der Waals surface area (Å²) in [6.07, 6.45) is 6.97. The summed E-state index contributed by atoms with van der Waals surface area (Å²) < 4.78 is 10.7. The molecule has 1 saturated carbocycles. The molecule has 2 saturated heterocycles. The lowest BCUT2D eigenvalue weighted by Crippen LogP contribution is -2.47. The van der Waals surface area contributed by atoms with Crippen LogP contribution in [0.4, 0.5) is 4.79 Å². The largest absolute Gasteiger partial charge is 0.385 e. The lowest BCUT2D eigenvalue weighted by molar-refractivity contribution is 0.0695. The van der Waals surface area contributed by atoms with Crippen molar-refractivity contribution in [2.45, 2.75) is 38.5 Å². The number of carbonyl (C=O) groups excluding carboxylic acids is 1. The van der Waals surface area contributed by atoms with E-state index in [1.54, 1.807) is 7.11 Å². The van der Waals surface area contributed by atoms with Crippen LogP contribution in [-0.2, 0) is 9.47 Å². The van der Waals surface area contributed by atoms with E-state index in [1.807, 2.05) is 4.90 Å². The number of nitrogens with zero attached hydrogens (tertiary/aromatic N) is 1. The molecule has 1 spiro atoms. The quantitative estimate of drug-likeness (QED) is 0.844. The van der Waals surface area contributed by atoms with Crippen molar-refractivity contribution >= 4 is 6.03 Å². The Morgan fingerprint density at radius 1 is 1.33 bits per heavy atom. The minimum atomic E-state index is 0.113. The summed E-state index contributed by atoms with van der Waals surface area (Å²) in [7, 11) is 1.75. The maximum absolute atomic E-state index is 12.4. The molecule has 3 rings (SSSR count). The van der Waals surface area contributed by atoms with Crippen LogP contribution in [-0.4, -0.2) is 57.5 Å². The minimum Gasteiger partial charge on any atom is -0.385 e. The molecule has 2 amide bonds. The Bertz CT molecular complexity index is 376. The standard InChI is InChI=1S/C16H28N2O3/c1-20-9-6-15(3-2-4-15)11-17-14(19)18-8-5-16(12-18)7-10-21-13-16/h2-13H2,1H3,(H,17,19)/t16-/m1/s1. The van der Waals surface area contributed by atoms with E-state index in [4.69, 9.17) is 9.47 Å². The van der Waals surface area contributed by atoms with Gasteiger partial charge in [-0.3, -0.25) is 0 Å². The van der Waals surface area contributed by atoms with Crippen LogP contribution in [0.15, 0.2) is 0 Å². The zero-order valence-corrected chi connectivity index (χ0v) is 13.2. The van der Waals surface area contributed by atoms with Gasteiger partial charge in [-0.15, -0.1) is 0 Å². The van der Waals surface area contributed by atoms with E-state index in [9.17, 15) is 4.79 Å². The Balaban J connectivity index is 1.46. The monoisotopic (exact) mass is 296 g/mol. The smallest absolute Gasteiger partial charge is 0.317 e. The first-order valence-corrected chi connectivity index (χ1v) is 8.27. The molecular formula is C16H28N2O3. The predicted molar refractivity (Wildman–Crippen MR) is 80.2 cm³/mol. The van der Waals surface area contributed by atoms with E-state index in [0.717, 1.165) is 58.7 Å². The first-order chi connectivity index (χ1) is 10.2. The van der Waals surface area contributed by atoms with Gasteiger partial charge >= 0.3 is 6.03 Å². The third kappa shape index (κ3) is 3.19. The Morgan fingerprint density at radius 3 is 2.81 bits per heavy atom. The molecule has 0 unspecified atom stereocenters. The molecule has 0 radical (unpaired) electrons. The summed E-state index contributed by atoms with van der Waals surface area (Å²) in [6.45, 7) is 5.02. The van der Waals surface area contributed by atoms with E-state index in [-0.39, 0.29) is 11.4 Å². The molecule has 2 heterocycles. The van der Waals surface area contributed by atoms with Crippen molar-refractivity contribution in [2.75, 3.05) is 46.6 Å². The number of rotatable bonds is 5. The highest BCUT2D eigenvalue weighted by Crippen LogP contribution is 2.43. The van der Waals surface area contributed by atoms with Crippen LogP contribution in [0.5, 0.6) is 0 Å². The second-order valence-electron chi connectivity index (χ2n) is 7.23.